The molecule has 94 valence electrons. The van der Waals surface area contributed by atoms with Crippen LogP contribution in [-0.2, 0) is 0 Å². The molecule has 0 radical (unpaired) electrons. The fraction of sp³-hybridized carbons (Fsp3) is 0.167. The normalized spacial score (nSPS) is 10.7. The summed E-state index contributed by atoms with van der Waals surface area (Å²) in [6, 6.07) is 5.40. The number of nitrogens with one attached hydrogen (secondary N) is 1. The monoisotopic (exact) mass is 328 g/mol. The number of hydrogen-bond acceptors (Lipinski definition) is 2. The summed E-state index contributed by atoms with van der Waals surface area (Å²) in [6.07, 6.45) is 0. The lowest BCUT2D eigenvalue weighted by molar-refractivity contribution is 0.853. The summed E-state index contributed by atoms with van der Waals surface area (Å²) in [6.45, 7) is 3.40. The third kappa shape index (κ3) is 2.15. The van der Waals surface area contributed by atoms with Gasteiger partial charge in [0.1, 0.15) is 5.15 Å². The zero-order valence-corrected chi connectivity index (χ0v) is 12.1. The van der Waals surface area contributed by atoms with Gasteiger partial charge in [-0.3, -0.25) is 9.78 Å². The van der Waals surface area contributed by atoms with Crippen LogP contribution in [-0.4, -0.2) is 9.55 Å². The van der Waals surface area contributed by atoms with Gasteiger partial charge < -0.3 is 0 Å². The summed E-state index contributed by atoms with van der Waals surface area (Å²) in [7, 11) is 0. The molecule has 1 heterocycles. The molecule has 0 amide bonds. The molecule has 0 atom stereocenters. The van der Waals surface area contributed by atoms with Gasteiger partial charge in [0.25, 0.3) is 5.56 Å². The van der Waals surface area contributed by atoms with Crippen LogP contribution in [0.1, 0.15) is 11.1 Å². The maximum Gasteiger partial charge on any atom is 0.334 e. The molecule has 0 unspecified atom stereocenters. The highest BCUT2D eigenvalue weighted by Gasteiger charge is 2.12. The van der Waals surface area contributed by atoms with Crippen LogP contribution in [0.2, 0.25) is 5.15 Å². The fourth-order valence-corrected chi connectivity index (χ4v) is 2.15. The Morgan fingerprint density at radius 1 is 1.28 bits per heavy atom. The second-order valence-electron chi connectivity index (χ2n) is 3.94. The number of aryl methyl sites for hydroxylation is 1. The summed E-state index contributed by atoms with van der Waals surface area (Å²) >= 11 is 9.09. The Morgan fingerprint density at radius 3 is 2.61 bits per heavy atom. The number of aromatic amines is 1. The number of aromatic nitrogens is 2. The first-order valence-electron chi connectivity index (χ1n) is 5.20. The molecule has 1 N–H and O–H groups in total. The molecular formula is C12H10BrClN2O2. The average Bonchev–Trinajstić information content (AvgIpc) is 2.31. The molecule has 18 heavy (non-hydrogen) atoms. The molecule has 1 aromatic carbocycles. The third-order valence-corrected chi connectivity index (χ3v) is 3.56. The molecule has 0 bridgehead atoms. The smallest absolute Gasteiger partial charge is 0.297 e. The van der Waals surface area contributed by atoms with Crippen molar-refractivity contribution in [1.82, 2.24) is 9.55 Å². The maximum atomic E-state index is 12.1. The van der Waals surface area contributed by atoms with E-state index in [0.29, 0.717) is 11.3 Å². The standard InChI is InChI=1S/C12H10BrClN2O2/c1-6-3-4-8(13)5-9(6)16-11(17)7(2)10(14)15-12(16)18/h3-5H,1-2H3,(H,15,18). The zero-order chi connectivity index (χ0) is 13.4. The Bertz CT molecular complexity index is 734. The number of halogens is 2. The minimum absolute atomic E-state index is 0.0777. The maximum absolute atomic E-state index is 12.1. The molecule has 6 heteroatoms. The van der Waals surface area contributed by atoms with Crippen molar-refractivity contribution in [2.75, 3.05) is 0 Å². The number of nitrogens with zero attached hydrogens (tertiary/aromatic N) is 1. The van der Waals surface area contributed by atoms with Crippen LogP contribution in [0.15, 0.2) is 32.3 Å². The van der Waals surface area contributed by atoms with Gasteiger partial charge in [0, 0.05) is 4.47 Å². The Hall–Kier alpha value is -1.33. The van der Waals surface area contributed by atoms with Gasteiger partial charge in [-0.15, -0.1) is 0 Å². The van der Waals surface area contributed by atoms with Crippen LogP contribution in [0.4, 0.5) is 0 Å². The third-order valence-electron chi connectivity index (χ3n) is 2.68. The average molecular weight is 330 g/mol. The Kier molecular flexibility index (Phi) is 3.45. The minimum atomic E-state index is -0.545. The summed E-state index contributed by atoms with van der Waals surface area (Å²) < 4.78 is 1.88. The molecular weight excluding hydrogens is 320 g/mol. The number of hydrogen-bond donors (Lipinski definition) is 1. The van der Waals surface area contributed by atoms with Crippen molar-refractivity contribution in [1.29, 1.82) is 0 Å². The van der Waals surface area contributed by atoms with E-state index in [-0.39, 0.29) is 5.15 Å². The van der Waals surface area contributed by atoms with Crippen molar-refractivity contribution in [2.45, 2.75) is 13.8 Å². The molecule has 2 aromatic rings. The summed E-state index contributed by atoms with van der Waals surface area (Å²) in [5.74, 6) is 0. The molecule has 2 rings (SSSR count). The highest BCUT2D eigenvalue weighted by Crippen LogP contribution is 2.18. The summed E-state index contributed by atoms with van der Waals surface area (Å²) in [4.78, 5) is 26.5. The van der Waals surface area contributed by atoms with Gasteiger partial charge in [-0.25, -0.2) is 9.36 Å². The second-order valence-corrected chi connectivity index (χ2v) is 5.23. The van der Waals surface area contributed by atoms with Crippen molar-refractivity contribution in [3.05, 3.63) is 59.8 Å². The predicted molar refractivity (Wildman–Crippen MR) is 74.8 cm³/mol. The molecule has 0 saturated heterocycles. The molecule has 0 aliphatic carbocycles. The van der Waals surface area contributed by atoms with Crippen molar-refractivity contribution >= 4 is 27.5 Å². The molecule has 0 spiro atoms. The zero-order valence-electron chi connectivity index (χ0n) is 9.75. The van der Waals surface area contributed by atoms with Crippen LogP contribution < -0.4 is 11.2 Å². The molecule has 0 saturated carbocycles. The molecule has 1 aromatic heterocycles. The van der Waals surface area contributed by atoms with E-state index in [1.54, 1.807) is 13.0 Å². The molecule has 0 aliphatic rings. The quantitative estimate of drug-likeness (QED) is 0.818. The summed E-state index contributed by atoms with van der Waals surface area (Å²) in [5.41, 5.74) is 0.723. The Labute approximate surface area is 116 Å². The van der Waals surface area contributed by atoms with E-state index in [1.807, 2.05) is 19.1 Å². The summed E-state index contributed by atoms with van der Waals surface area (Å²) in [5, 5.41) is 0.0777. The van der Waals surface area contributed by atoms with Crippen LogP contribution >= 0.6 is 27.5 Å². The van der Waals surface area contributed by atoms with E-state index in [4.69, 9.17) is 11.6 Å². The fourth-order valence-electron chi connectivity index (χ4n) is 1.64. The first-order chi connectivity index (χ1) is 8.41. The molecule has 4 nitrogen and oxygen atoms in total. The van der Waals surface area contributed by atoms with Gasteiger partial charge >= 0.3 is 5.69 Å². The lowest BCUT2D eigenvalue weighted by atomic mass is 10.2. The van der Waals surface area contributed by atoms with Gasteiger partial charge in [-0.05, 0) is 31.5 Å². The molecule has 0 aliphatic heterocycles. The van der Waals surface area contributed by atoms with Crippen molar-refractivity contribution in [3.8, 4) is 5.69 Å². The van der Waals surface area contributed by atoms with Crippen LogP contribution in [0, 0.1) is 13.8 Å². The van der Waals surface area contributed by atoms with E-state index >= 15 is 0 Å². The highest BCUT2D eigenvalue weighted by molar-refractivity contribution is 9.10. The van der Waals surface area contributed by atoms with E-state index < -0.39 is 11.2 Å². The van der Waals surface area contributed by atoms with Crippen molar-refractivity contribution in [2.24, 2.45) is 0 Å². The SMILES string of the molecule is Cc1ccc(Br)cc1-n1c(=O)[nH]c(Cl)c(C)c1=O. The lowest BCUT2D eigenvalue weighted by Crippen LogP contribution is -2.35. The Balaban J connectivity index is 2.88. The minimum Gasteiger partial charge on any atom is -0.297 e. The Morgan fingerprint density at radius 2 is 1.94 bits per heavy atom. The van der Waals surface area contributed by atoms with Crippen LogP contribution in [0.5, 0.6) is 0 Å². The van der Waals surface area contributed by atoms with Gasteiger partial charge in [0.05, 0.1) is 11.3 Å². The van der Waals surface area contributed by atoms with E-state index in [1.165, 1.54) is 0 Å². The van der Waals surface area contributed by atoms with Crippen LogP contribution in [0.3, 0.4) is 0 Å². The number of H-pyrrole nitrogens is 1. The first-order valence-corrected chi connectivity index (χ1v) is 6.37. The lowest BCUT2D eigenvalue weighted by Gasteiger charge is -2.10. The van der Waals surface area contributed by atoms with Crippen LogP contribution in [0.25, 0.3) is 5.69 Å². The number of benzene rings is 1. The van der Waals surface area contributed by atoms with E-state index in [0.717, 1.165) is 14.6 Å². The second kappa shape index (κ2) is 4.74. The van der Waals surface area contributed by atoms with Crippen molar-refractivity contribution < 1.29 is 0 Å². The van der Waals surface area contributed by atoms with Gasteiger partial charge in [-0.1, -0.05) is 33.6 Å². The topological polar surface area (TPSA) is 54.9 Å². The number of rotatable bonds is 1. The first kappa shape index (κ1) is 13.1. The highest BCUT2D eigenvalue weighted by atomic mass is 79.9. The van der Waals surface area contributed by atoms with Gasteiger partial charge in [0.15, 0.2) is 0 Å². The van der Waals surface area contributed by atoms with Gasteiger partial charge in [0.2, 0.25) is 0 Å². The van der Waals surface area contributed by atoms with Crippen molar-refractivity contribution in [3.63, 3.8) is 0 Å². The van der Waals surface area contributed by atoms with E-state index in [9.17, 15) is 9.59 Å². The molecule has 0 fully saturated rings. The van der Waals surface area contributed by atoms with Gasteiger partial charge in [-0.2, -0.15) is 0 Å². The van der Waals surface area contributed by atoms with E-state index in [2.05, 4.69) is 20.9 Å². The predicted octanol–water partition coefficient (Wildman–Crippen LogP) is 2.56. The largest absolute Gasteiger partial charge is 0.334 e.